The minimum atomic E-state index is -0.323. The molecule has 0 saturated carbocycles. The van der Waals surface area contributed by atoms with Crippen LogP contribution >= 0.6 is 0 Å². The lowest BCUT2D eigenvalue weighted by Crippen LogP contribution is -2.14. The fraction of sp³-hybridized carbons (Fsp3) is 0.286. The van der Waals surface area contributed by atoms with Crippen molar-refractivity contribution in [1.82, 2.24) is 9.78 Å². The first kappa shape index (κ1) is 13.8. The van der Waals surface area contributed by atoms with E-state index in [1.54, 1.807) is 0 Å². The molecule has 0 radical (unpaired) electrons. The van der Waals surface area contributed by atoms with Crippen molar-refractivity contribution >= 4 is 12.1 Å². The van der Waals surface area contributed by atoms with Crippen LogP contribution in [-0.2, 0) is 5.41 Å². The van der Waals surface area contributed by atoms with Gasteiger partial charge in [0, 0.05) is 10.3 Å². The van der Waals surface area contributed by atoms with Gasteiger partial charge in [0.25, 0.3) is 0 Å². The largest absolute Gasteiger partial charge is 0.298 e. The van der Waals surface area contributed by atoms with E-state index in [-0.39, 0.29) is 11.2 Å². The van der Waals surface area contributed by atoms with Crippen molar-refractivity contribution in [3.05, 3.63) is 52.0 Å². The Balaban J connectivity index is 2.78. The summed E-state index contributed by atoms with van der Waals surface area (Å²) in [7, 11) is 0. The number of para-hydroxylation sites is 1. The average Bonchev–Trinajstić information content (AvgIpc) is 2.79. The average molecular weight is 269 g/mol. The third-order valence-electron chi connectivity index (χ3n) is 2.87. The van der Waals surface area contributed by atoms with Gasteiger partial charge in [-0.3, -0.25) is 4.79 Å². The zero-order valence-corrected chi connectivity index (χ0v) is 11.6. The van der Waals surface area contributed by atoms with E-state index < -0.39 is 0 Å². The summed E-state index contributed by atoms with van der Waals surface area (Å²) >= 11 is 0. The lowest BCUT2D eigenvalue weighted by Gasteiger charge is -2.15. The Morgan fingerprint density at radius 1 is 1.30 bits per heavy atom. The highest BCUT2D eigenvalue weighted by molar-refractivity contribution is 5.84. The van der Waals surface area contributed by atoms with Gasteiger partial charge in [0.15, 0.2) is 6.29 Å². The topological polar surface area (TPSA) is 83.7 Å². The molecule has 102 valence electrons. The maximum absolute atomic E-state index is 11.4. The lowest BCUT2D eigenvalue weighted by molar-refractivity contribution is 0.112. The first-order valence-corrected chi connectivity index (χ1v) is 6.18. The molecular formula is C14H15N5O. The zero-order chi connectivity index (χ0) is 14.8. The van der Waals surface area contributed by atoms with E-state index in [9.17, 15) is 4.79 Å². The molecule has 2 aromatic rings. The van der Waals surface area contributed by atoms with Crippen LogP contribution in [0.5, 0.6) is 0 Å². The van der Waals surface area contributed by atoms with Gasteiger partial charge in [0.1, 0.15) is 5.82 Å². The van der Waals surface area contributed by atoms with E-state index in [4.69, 9.17) is 5.53 Å². The van der Waals surface area contributed by atoms with Gasteiger partial charge in [-0.05, 0) is 22.8 Å². The highest BCUT2D eigenvalue weighted by atomic mass is 16.1. The Hall–Kier alpha value is -2.59. The molecule has 0 unspecified atom stereocenters. The molecule has 0 saturated heterocycles. The molecule has 0 amide bonds. The Morgan fingerprint density at radius 2 is 1.95 bits per heavy atom. The summed E-state index contributed by atoms with van der Waals surface area (Å²) in [5.41, 5.74) is 10.1. The molecule has 0 aliphatic carbocycles. The summed E-state index contributed by atoms with van der Waals surface area (Å²) in [6, 6.07) is 9.27. The molecule has 6 nitrogen and oxygen atoms in total. The van der Waals surface area contributed by atoms with E-state index >= 15 is 0 Å². The van der Waals surface area contributed by atoms with E-state index in [0.29, 0.717) is 17.5 Å². The van der Waals surface area contributed by atoms with Gasteiger partial charge in [0.2, 0.25) is 0 Å². The normalized spacial score (nSPS) is 10.9. The SMILES string of the molecule is CC(C)(C)c1nn(-c2ccccc2)c(N=[N+]=[N-])c1C=O. The smallest absolute Gasteiger partial charge is 0.154 e. The summed E-state index contributed by atoms with van der Waals surface area (Å²) in [5.74, 6) is 0.221. The predicted octanol–water partition coefficient (Wildman–Crippen LogP) is 3.92. The molecule has 0 aliphatic heterocycles. The van der Waals surface area contributed by atoms with Gasteiger partial charge in [-0.1, -0.05) is 39.0 Å². The molecule has 0 fully saturated rings. The molecular weight excluding hydrogens is 254 g/mol. The molecule has 0 bridgehead atoms. The molecule has 1 aromatic heterocycles. The van der Waals surface area contributed by atoms with Crippen molar-refractivity contribution < 1.29 is 4.79 Å². The Morgan fingerprint density at radius 3 is 2.45 bits per heavy atom. The van der Waals surface area contributed by atoms with Gasteiger partial charge in [-0.15, -0.1) is 0 Å². The predicted molar refractivity (Wildman–Crippen MR) is 76.5 cm³/mol. The molecule has 6 heteroatoms. The number of azide groups is 1. The van der Waals surface area contributed by atoms with Gasteiger partial charge >= 0.3 is 0 Å². The first-order valence-electron chi connectivity index (χ1n) is 6.18. The lowest BCUT2D eigenvalue weighted by atomic mass is 9.90. The van der Waals surface area contributed by atoms with Gasteiger partial charge in [0.05, 0.1) is 16.9 Å². The minimum Gasteiger partial charge on any atom is -0.298 e. The molecule has 0 atom stereocenters. The molecule has 0 spiro atoms. The summed E-state index contributed by atoms with van der Waals surface area (Å²) in [5, 5.41) is 8.10. The third kappa shape index (κ3) is 2.41. The number of hydrogen-bond acceptors (Lipinski definition) is 3. The number of carbonyl (C=O) groups is 1. The van der Waals surface area contributed by atoms with Crippen LogP contribution < -0.4 is 0 Å². The number of aldehydes is 1. The van der Waals surface area contributed by atoms with E-state index in [1.807, 2.05) is 51.1 Å². The second-order valence-corrected chi connectivity index (χ2v) is 5.39. The molecule has 1 aromatic carbocycles. The Labute approximate surface area is 116 Å². The van der Waals surface area contributed by atoms with Crippen LogP contribution in [0.25, 0.3) is 16.1 Å². The number of aromatic nitrogens is 2. The highest BCUT2D eigenvalue weighted by Crippen LogP contribution is 2.32. The maximum atomic E-state index is 11.4. The summed E-state index contributed by atoms with van der Waals surface area (Å²) in [6.07, 6.45) is 0.692. The minimum absolute atomic E-state index is 0.221. The van der Waals surface area contributed by atoms with Crippen molar-refractivity contribution in [2.75, 3.05) is 0 Å². The van der Waals surface area contributed by atoms with Gasteiger partial charge < -0.3 is 0 Å². The van der Waals surface area contributed by atoms with Crippen LogP contribution in [-0.4, -0.2) is 16.1 Å². The monoisotopic (exact) mass is 269 g/mol. The Kier molecular flexibility index (Phi) is 3.59. The second-order valence-electron chi connectivity index (χ2n) is 5.39. The van der Waals surface area contributed by atoms with Crippen LogP contribution in [0.4, 0.5) is 5.82 Å². The van der Waals surface area contributed by atoms with Crippen LogP contribution in [0.15, 0.2) is 35.4 Å². The van der Waals surface area contributed by atoms with Crippen molar-refractivity contribution in [2.45, 2.75) is 26.2 Å². The summed E-state index contributed by atoms with van der Waals surface area (Å²) < 4.78 is 1.50. The van der Waals surface area contributed by atoms with E-state index in [2.05, 4.69) is 15.1 Å². The maximum Gasteiger partial charge on any atom is 0.154 e. The van der Waals surface area contributed by atoms with Crippen molar-refractivity contribution in [3.8, 4) is 5.69 Å². The number of benzene rings is 1. The third-order valence-corrected chi connectivity index (χ3v) is 2.87. The van der Waals surface area contributed by atoms with Gasteiger partial charge in [-0.2, -0.15) is 5.10 Å². The molecule has 0 aliphatic rings. The number of hydrogen-bond donors (Lipinski definition) is 0. The number of rotatable bonds is 3. The van der Waals surface area contributed by atoms with Crippen molar-refractivity contribution in [3.63, 3.8) is 0 Å². The van der Waals surface area contributed by atoms with E-state index in [0.717, 1.165) is 5.69 Å². The molecule has 20 heavy (non-hydrogen) atoms. The Bertz CT molecular complexity index is 676. The van der Waals surface area contributed by atoms with E-state index in [1.165, 1.54) is 4.68 Å². The number of carbonyl (C=O) groups excluding carboxylic acids is 1. The summed E-state index contributed by atoms with van der Waals surface area (Å²) in [6.45, 7) is 5.87. The second kappa shape index (κ2) is 5.19. The van der Waals surface area contributed by atoms with Crippen LogP contribution in [0.2, 0.25) is 0 Å². The quantitative estimate of drug-likeness (QED) is 0.366. The zero-order valence-electron chi connectivity index (χ0n) is 11.6. The fourth-order valence-corrected chi connectivity index (χ4v) is 1.97. The van der Waals surface area contributed by atoms with Crippen molar-refractivity contribution in [2.24, 2.45) is 5.11 Å². The molecule has 2 rings (SSSR count). The van der Waals surface area contributed by atoms with Crippen LogP contribution in [0.3, 0.4) is 0 Å². The highest BCUT2D eigenvalue weighted by Gasteiger charge is 2.26. The number of nitrogens with zero attached hydrogens (tertiary/aromatic N) is 5. The van der Waals surface area contributed by atoms with Gasteiger partial charge in [-0.25, -0.2) is 4.68 Å². The fourth-order valence-electron chi connectivity index (χ4n) is 1.97. The molecule has 1 heterocycles. The summed E-state index contributed by atoms with van der Waals surface area (Å²) in [4.78, 5) is 14.2. The van der Waals surface area contributed by atoms with Crippen LogP contribution in [0, 0.1) is 0 Å². The standard InChI is InChI=1S/C14H15N5O/c1-14(2,3)12-11(9-20)13(16-18-15)19(17-12)10-7-5-4-6-8-10/h4-9H,1-3H3. The van der Waals surface area contributed by atoms with Crippen LogP contribution in [0.1, 0.15) is 36.8 Å². The van der Waals surface area contributed by atoms with Crippen molar-refractivity contribution in [1.29, 1.82) is 0 Å². The first-order chi connectivity index (χ1) is 9.49. The molecule has 0 N–H and O–H groups in total.